The van der Waals surface area contributed by atoms with E-state index in [1.165, 1.54) is 0 Å². The van der Waals surface area contributed by atoms with Crippen LogP contribution >= 0.6 is 0 Å². The van der Waals surface area contributed by atoms with Crippen LogP contribution in [0, 0.1) is 11.8 Å². The Morgan fingerprint density at radius 2 is 1.83 bits per heavy atom. The highest BCUT2D eigenvalue weighted by atomic mass is 16.4. The van der Waals surface area contributed by atoms with Gasteiger partial charge in [-0.1, -0.05) is 12.1 Å². The van der Waals surface area contributed by atoms with E-state index in [-0.39, 0.29) is 18.0 Å². The first-order valence-corrected chi connectivity index (χ1v) is 7.54. The topological polar surface area (TPSA) is 108 Å². The van der Waals surface area contributed by atoms with Crippen LogP contribution in [0.2, 0.25) is 0 Å². The fourth-order valence-corrected chi connectivity index (χ4v) is 2.21. The largest absolute Gasteiger partial charge is 0.481 e. The maximum atomic E-state index is 11.8. The Morgan fingerprint density at radius 3 is 2.35 bits per heavy atom. The van der Waals surface area contributed by atoms with E-state index < -0.39 is 17.8 Å². The summed E-state index contributed by atoms with van der Waals surface area (Å²) in [6.07, 6.45) is 0.412. The molecule has 124 valence electrons. The smallest absolute Gasteiger partial charge is 0.319 e. The molecule has 1 fully saturated rings. The zero-order valence-electron chi connectivity index (χ0n) is 13.1. The molecule has 1 aromatic rings. The number of hydrogen-bond acceptors (Lipinski definition) is 3. The Bertz CT molecular complexity index is 598. The molecule has 4 N–H and O–H groups in total. The van der Waals surface area contributed by atoms with Gasteiger partial charge in [-0.3, -0.25) is 9.59 Å². The molecule has 7 heteroatoms. The van der Waals surface area contributed by atoms with Crippen molar-refractivity contribution in [3.63, 3.8) is 0 Å². The highest BCUT2D eigenvalue weighted by Gasteiger charge is 2.48. The zero-order valence-corrected chi connectivity index (χ0v) is 13.1. The molecule has 0 radical (unpaired) electrons. The van der Waals surface area contributed by atoms with E-state index in [2.05, 4.69) is 16.0 Å². The quantitative estimate of drug-likeness (QED) is 0.638. The maximum absolute atomic E-state index is 11.8. The third-order valence-corrected chi connectivity index (χ3v) is 3.54. The number of anilines is 1. The Balaban J connectivity index is 1.78. The van der Waals surface area contributed by atoms with Crippen molar-refractivity contribution >= 4 is 23.6 Å². The van der Waals surface area contributed by atoms with Crippen LogP contribution in [0.5, 0.6) is 0 Å². The molecule has 3 amide bonds. The maximum Gasteiger partial charge on any atom is 0.319 e. The average molecular weight is 319 g/mol. The van der Waals surface area contributed by atoms with E-state index in [4.69, 9.17) is 5.11 Å². The number of amides is 3. The molecule has 0 bridgehead atoms. The van der Waals surface area contributed by atoms with Crippen molar-refractivity contribution in [2.75, 3.05) is 5.32 Å². The normalized spacial score (nSPS) is 19.1. The van der Waals surface area contributed by atoms with Gasteiger partial charge in [-0.25, -0.2) is 4.79 Å². The summed E-state index contributed by atoms with van der Waals surface area (Å²) >= 11 is 0. The first-order chi connectivity index (χ1) is 10.9. The predicted octanol–water partition coefficient (Wildman–Crippen LogP) is 1.55. The number of benzene rings is 1. The van der Waals surface area contributed by atoms with Gasteiger partial charge in [-0.2, -0.15) is 0 Å². The van der Waals surface area contributed by atoms with E-state index in [0.29, 0.717) is 18.7 Å². The lowest BCUT2D eigenvalue weighted by Crippen LogP contribution is -2.34. The molecule has 0 aliphatic heterocycles. The van der Waals surface area contributed by atoms with Gasteiger partial charge in [0.25, 0.3) is 0 Å². The lowest BCUT2D eigenvalue weighted by atomic mass is 10.2. The summed E-state index contributed by atoms with van der Waals surface area (Å²) in [4.78, 5) is 34.1. The molecule has 1 aromatic carbocycles. The summed E-state index contributed by atoms with van der Waals surface area (Å²) in [5.41, 5.74) is 1.53. The van der Waals surface area contributed by atoms with Crippen LogP contribution in [-0.4, -0.2) is 29.1 Å². The fraction of sp³-hybridized carbons (Fsp3) is 0.438. The van der Waals surface area contributed by atoms with E-state index in [1.54, 1.807) is 24.3 Å². The molecule has 1 aliphatic rings. The van der Waals surface area contributed by atoms with Gasteiger partial charge in [-0.15, -0.1) is 0 Å². The number of urea groups is 1. The Morgan fingerprint density at radius 1 is 1.17 bits per heavy atom. The molecule has 2 unspecified atom stereocenters. The van der Waals surface area contributed by atoms with Crippen molar-refractivity contribution in [2.45, 2.75) is 32.9 Å². The first kappa shape index (κ1) is 16.8. The molecule has 0 spiro atoms. The van der Waals surface area contributed by atoms with Gasteiger partial charge in [-0.05, 0) is 38.0 Å². The van der Waals surface area contributed by atoms with E-state index in [1.807, 2.05) is 13.8 Å². The van der Waals surface area contributed by atoms with E-state index >= 15 is 0 Å². The van der Waals surface area contributed by atoms with Gasteiger partial charge in [0.1, 0.15) is 0 Å². The minimum absolute atomic E-state index is 0.0570. The fourth-order valence-electron chi connectivity index (χ4n) is 2.21. The van der Waals surface area contributed by atoms with E-state index in [0.717, 1.165) is 5.56 Å². The van der Waals surface area contributed by atoms with Gasteiger partial charge < -0.3 is 21.1 Å². The van der Waals surface area contributed by atoms with Crippen molar-refractivity contribution in [2.24, 2.45) is 11.8 Å². The van der Waals surface area contributed by atoms with Crippen molar-refractivity contribution in [3.05, 3.63) is 29.8 Å². The summed E-state index contributed by atoms with van der Waals surface area (Å²) in [5, 5.41) is 17.0. The minimum atomic E-state index is -0.916. The third-order valence-electron chi connectivity index (χ3n) is 3.54. The molecule has 0 saturated heterocycles. The summed E-state index contributed by atoms with van der Waals surface area (Å²) in [6.45, 7) is 4.08. The highest BCUT2D eigenvalue weighted by molar-refractivity contribution is 5.90. The average Bonchev–Trinajstić information content (AvgIpc) is 3.26. The number of carboxylic acid groups (broad SMARTS) is 1. The summed E-state index contributed by atoms with van der Waals surface area (Å²) < 4.78 is 0. The number of rotatable bonds is 6. The lowest BCUT2D eigenvalue weighted by molar-refractivity contribution is -0.140. The van der Waals surface area contributed by atoms with Crippen LogP contribution in [0.4, 0.5) is 10.5 Å². The highest BCUT2D eigenvalue weighted by Crippen LogP contribution is 2.38. The number of nitrogens with one attached hydrogen (secondary N) is 3. The number of hydrogen-bond donors (Lipinski definition) is 4. The Kier molecular flexibility index (Phi) is 5.20. The number of carbonyl (C=O) groups is 3. The van der Waals surface area contributed by atoms with Gasteiger partial charge in [0, 0.05) is 18.3 Å². The van der Waals surface area contributed by atoms with Gasteiger partial charge in [0.05, 0.1) is 11.8 Å². The van der Waals surface area contributed by atoms with Crippen molar-refractivity contribution < 1.29 is 19.5 Å². The number of aliphatic carboxylic acids is 1. The molecule has 2 rings (SSSR count). The van der Waals surface area contributed by atoms with Crippen molar-refractivity contribution in [1.82, 2.24) is 10.6 Å². The summed E-state index contributed by atoms with van der Waals surface area (Å²) in [7, 11) is 0. The van der Waals surface area contributed by atoms with Crippen LogP contribution in [0.1, 0.15) is 25.8 Å². The molecule has 1 aliphatic carbocycles. The minimum Gasteiger partial charge on any atom is -0.481 e. The van der Waals surface area contributed by atoms with Gasteiger partial charge >= 0.3 is 12.0 Å². The number of carbonyl (C=O) groups excluding carboxylic acids is 2. The molecule has 0 heterocycles. The van der Waals surface area contributed by atoms with Crippen LogP contribution in [0.25, 0.3) is 0 Å². The van der Waals surface area contributed by atoms with Crippen LogP contribution in [0.3, 0.4) is 0 Å². The molecular formula is C16H21N3O4. The van der Waals surface area contributed by atoms with Crippen LogP contribution in [-0.2, 0) is 16.1 Å². The summed E-state index contributed by atoms with van der Waals surface area (Å²) in [6, 6.07) is 6.88. The van der Waals surface area contributed by atoms with Gasteiger partial charge in [0.15, 0.2) is 0 Å². The van der Waals surface area contributed by atoms with Crippen molar-refractivity contribution in [3.8, 4) is 0 Å². The third kappa shape index (κ3) is 4.98. The standard InChI is InChI=1S/C16H21N3O4/c1-9(2)18-16(23)19-11-5-3-10(4-6-11)8-17-14(20)12-7-13(12)15(21)22/h3-6,9,12-13H,7-8H2,1-2H3,(H,17,20)(H,21,22)(H2,18,19,23). The predicted molar refractivity (Wildman–Crippen MR) is 84.8 cm³/mol. The zero-order chi connectivity index (χ0) is 17.0. The Hall–Kier alpha value is -2.57. The number of carboxylic acids is 1. The monoisotopic (exact) mass is 319 g/mol. The Labute approximate surface area is 134 Å². The molecule has 7 nitrogen and oxygen atoms in total. The van der Waals surface area contributed by atoms with Crippen molar-refractivity contribution in [1.29, 1.82) is 0 Å². The second-order valence-corrected chi connectivity index (χ2v) is 5.95. The van der Waals surface area contributed by atoms with E-state index in [9.17, 15) is 14.4 Å². The molecular weight excluding hydrogens is 298 g/mol. The first-order valence-electron chi connectivity index (χ1n) is 7.54. The van der Waals surface area contributed by atoms with Crippen LogP contribution in [0.15, 0.2) is 24.3 Å². The second kappa shape index (κ2) is 7.13. The summed E-state index contributed by atoms with van der Waals surface area (Å²) in [5.74, 6) is -2.09. The molecule has 1 saturated carbocycles. The molecule has 23 heavy (non-hydrogen) atoms. The SMILES string of the molecule is CC(C)NC(=O)Nc1ccc(CNC(=O)C2CC2C(=O)O)cc1. The van der Waals surface area contributed by atoms with Gasteiger partial charge in [0.2, 0.25) is 5.91 Å². The lowest BCUT2D eigenvalue weighted by Gasteiger charge is -2.10. The van der Waals surface area contributed by atoms with Crippen LogP contribution < -0.4 is 16.0 Å². The molecule has 0 aromatic heterocycles. The molecule has 2 atom stereocenters. The second-order valence-electron chi connectivity index (χ2n) is 5.95.